The van der Waals surface area contributed by atoms with Gasteiger partial charge in [0, 0.05) is 58.3 Å². The maximum absolute atomic E-state index is 5.45. The van der Waals surface area contributed by atoms with E-state index in [-0.39, 0.29) is 0 Å². The Morgan fingerprint density at radius 2 is 1.87 bits per heavy atom. The van der Waals surface area contributed by atoms with Gasteiger partial charge >= 0.3 is 0 Å². The smallest absolute Gasteiger partial charge is 0.191 e. The number of furan rings is 1. The number of piperidine rings is 1. The van der Waals surface area contributed by atoms with Gasteiger partial charge in [0.1, 0.15) is 5.76 Å². The van der Waals surface area contributed by atoms with E-state index in [1.54, 1.807) is 6.26 Å². The highest BCUT2D eigenvalue weighted by Crippen LogP contribution is 2.11. The van der Waals surface area contributed by atoms with E-state index in [1.807, 2.05) is 12.1 Å². The van der Waals surface area contributed by atoms with Crippen LogP contribution in [-0.4, -0.2) is 87.4 Å². The minimum atomic E-state index is 0.511. The van der Waals surface area contributed by atoms with Crippen molar-refractivity contribution in [3.63, 3.8) is 0 Å². The van der Waals surface area contributed by atoms with Gasteiger partial charge in [-0.2, -0.15) is 0 Å². The summed E-state index contributed by atoms with van der Waals surface area (Å²) in [4.78, 5) is 9.96. The summed E-state index contributed by atoms with van der Waals surface area (Å²) in [5.41, 5.74) is 0. The largest absolute Gasteiger partial charge is 0.469 e. The van der Waals surface area contributed by atoms with Gasteiger partial charge in [-0.25, -0.2) is 0 Å². The summed E-state index contributed by atoms with van der Waals surface area (Å²) in [6, 6.07) is 4.48. The van der Waals surface area contributed by atoms with Gasteiger partial charge in [0.2, 0.25) is 0 Å². The van der Waals surface area contributed by atoms with Crippen molar-refractivity contribution in [2.75, 3.05) is 65.6 Å². The first-order chi connectivity index (χ1) is 14.8. The van der Waals surface area contributed by atoms with Gasteiger partial charge in [0.25, 0.3) is 0 Å². The van der Waals surface area contributed by atoms with Crippen LogP contribution in [0.1, 0.15) is 44.8 Å². The van der Waals surface area contributed by atoms with Gasteiger partial charge in [0.15, 0.2) is 5.96 Å². The fraction of sp³-hybridized carbons (Fsp3) is 0.783. The minimum absolute atomic E-state index is 0.511. The fourth-order valence-corrected chi connectivity index (χ4v) is 4.10. The third-order valence-corrected chi connectivity index (χ3v) is 6.01. The van der Waals surface area contributed by atoms with Crippen LogP contribution in [0.4, 0.5) is 0 Å². The van der Waals surface area contributed by atoms with Crippen molar-refractivity contribution < 1.29 is 9.15 Å². The second-order valence-corrected chi connectivity index (χ2v) is 8.41. The van der Waals surface area contributed by atoms with Crippen molar-refractivity contribution in [1.82, 2.24) is 20.4 Å². The summed E-state index contributed by atoms with van der Waals surface area (Å²) in [5, 5.41) is 7.22. The van der Waals surface area contributed by atoms with Gasteiger partial charge in [-0.15, -0.1) is 0 Å². The predicted molar refractivity (Wildman–Crippen MR) is 122 cm³/mol. The van der Waals surface area contributed by atoms with Crippen LogP contribution in [0.3, 0.4) is 0 Å². The Bertz CT molecular complexity index is 578. The van der Waals surface area contributed by atoms with Crippen LogP contribution in [0.25, 0.3) is 0 Å². The van der Waals surface area contributed by atoms with Gasteiger partial charge in [0.05, 0.1) is 19.5 Å². The number of ether oxygens (including phenoxy) is 1. The Morgan fingerprint density at radius 3 is 2.60 bits per heavy atom. The molecule has 2 saturated heterocycles. The molecule has 2 fully saturated rings. The molecule has 2 aliphatic heterocycles. The normalized spacial score (nSPS) is 19.8. The van der Waals surface area contributed by atoms with Crippen molar-refractivity contribution in [3.8, 4) is 0 Å². The van der Waals surface area contributed by atoms with Gasteiger partial charge in [-0.3, -0.25) is 9.89 Å². The Balaban J connectivity index is 1.42. The highest BCUT2D eigenvalue weighted by Gasteiger charge is 2.19. The molecule has 1 aromatic rings. The molecule has 0 unspecified atom stereocenters. The van der Waals surface area contributed by atoms with E-state index in [9.17, 15) is 0 Å². The molecule has 1 aromatic heterocycles. The molecule has 7 nitrogen and oxygen atoms in total. The van der Waals surface area contributed by atoms with E-state index in [4.69, 9.17) is 14.1 Å². The molecule has 2 N–H and O–H groups in total. The molecule has 170 valence electrons. The Hall–Kier alpha value is -1.57. The van der Waals surface area contributed by atoms with E-state index < -0.39 is 0 Å². The molecular formula is C23H41N5O2. The number of hydrogen-bond acceptors (Lipinski definition) is 5. The molecular weight excluding hydrogens is 378 g/mol. The highest BCUT2D eigenvalue weighted by molar-refractivity contribution is 5.80. The molecule has 0 bridgehead atoms. The van der Waals surface area contributed by atoms with Crippen molar-refractivity contribution in [2.24, 2.45) is 4.99 Å². The van der Waals surface area contributed by atoms with Gasteiger partial charge in [-0.1, -0.05) is 13.3 Å². The molecule has 30 heavy (non-hydrogen) atoms. The second-order valence-electron chi connectivity index (χ2n) is 8.41. The maximum Gasteiger partial charge on any atom is 0.191 e. The highest BCUT2D eigenvalue weighted by atomic mass is 16.5. The van der Waals surface area contributed by atoms with Crippen LogP contribution in [0.15, 0.2) is 27.8 Å². The average molecular weight is 420 g/mol. The summed E-state index contributed by atoms with van der Waals surface area (Å²) in [5.74, 6) is 1.97. The molecule has 0 aliphatic carbocycles. The molecule has 2 aliphatic rings. The zero-order chi connectivity index (χ0) is 20.9. The topological polar surface area (TPSA) is 65.3 Å². The number of hydrogen-bond donors (Lipinski definition) is 2. The number of guanidine groups is 1. The number of aliphatic imine (C=N–C) groups is 1. The number of rotatable bonds is 11. The van der Waals surface area contributed by atoms with Crippen molar-refractivity contribution in [1.29, 1.82) is 0 Å². The monoisotopic (exact) mass is 419 g/mol. The SMILES string of the molecule is CCCCN1CCC(NC(=NCCCN2CCOCC2)NCCc2ccco2)CC1. The first kappa shape index (κ1) is 23.1. The summed E-state index contributed by atoms with van der Waals surface area (Å²) < 4.78 is 10.9. The van der Waals surface area contributed by atoms with E-state index >= 15 is 0 Å². The zero-order valence-electron chi connectivity index (χ0n) is 18.8. The number of morpholine rings is 1. The van der Waals surface area contributed by atoms with E-state index in [1.165, 1.54) is 45.3 Å². The molecule has 0 amide bonds. The predicted octanol–water partition coefficient (Wildman–Crippen LogP) is 2.34. The molecule has 0 spiro atoms. The maximum atomic E-state index is 5.45. The van der Waals surface area contributed by atoms with Crippen LogP contribution in [0.2, 0.25) is 0 Å². The Labute approximate surface area is 182 Å². The number of nitrogens with one attached hydrogen (secondary N) is 2. The van der Waals surface area contributed by atoms with Crippen LogP contribution in [0.5, 0.6) is 0 Å². The van der Waals surface area contributed by atoms with Crippen LogP contribution in [-0.2, 0) is 11.2 Å². The third kappa shape index (κ3) is 8.66. The third-order valence-electron chi connectivity index (χ3n) is 6.01. The van der Waals surface area contributed by atoms with Crippen molar-refractivity contribution >= 4 is 5.96 Å². The van der Waals surface area contributed by atoms with Crippen LogP contribution >= 0.6 is 0 Å². The van der Waals surface area contributed by atoms with Gasteiger partial charge in [-0.05, 0) is 44.4 Å². The van der Waals surface area contributed by atoms with E-state index in [0.717, 1.165) is 70.5 Å². The van der Waals surface area contributed by atoms with Crippen LogP contribution in [0, 0.1) is 0 Å². The minimum Gasteiger partial charge on any atom is -0.469 e. The van der Waals surface area contributed by atoms with Crippen molar-refractivity contribution in [3.05, 3.63) is 24.2 Å². The summed E-state index contributed by atoms with van der Waals surface area (Å²) in [7, 11) is 0. The number of likely N-dealkylation sites (tertiary alicyclic amines) is 1. The number of nitrogens with zero attached hydrogens (tertiary/aromatic N) is 3. The standard InChI is InChI=1S/C23H41N5O2/c1-2-3-12-27-14-8-21(9-15-27)26-23(25-11-7-22-6-4-18-30-22)24-10-5-13-28-16-19-29-20-17-28/h4,6,18,21H,2-3,5,7-17,19-20H2,1H3,(H2,24,25,26). The van der Waals surface area contributed by atoms with Crippen molar-refractivity contribution in [2.45, 2.75) is 51.5 Å². The lowest BCUT2D eigenvalue weighted by atomic mass is 10.0. The second kappa shape index (κ2) is 13.7. The lowest BCUT2D eigenvalue weighted by Crippen LogP contribution is -2.49. The molecule has 3 rings (SSSR count). The molecule has 0 saturated carbocycles. The van der Waals surface area contributed by atoms with Gasteiger partial charge < -0.3 is 24.7 Å². The van der Waals surface area contributed by atoms with E-state index in [2.05, 4.69) is 27.4 Å². The lowest BCUT2D eigenvalue weighted by Gasteiger charge is -2.33. The first-order valence-electron chi connectivity index (χ1n) is 11.9. The molecule has 0 radical (unpaired) electrons. The molecule has 7 heteroatoms. The Morgan fingerprint density at radius 1 is 1.10 bits per heavy atom. The summed E-state index contributed by atoms with van der Waals surface area (Å²) in [6.45, 7) is 12.5. The fourth-order valence-electron chi connectivity index (χ4n) is 4.10. The summed E-state index contributed by atoms with van der Waals surface area (Å²) in [6.07, 6.45) is 8.66. The lowest BCUT2D eigenvalue weighted by molar-refractivity contribution is 0.0377. The average Bonchev–Trinajstić information content (AvgIpc) is 3.30. The molecule has 0 aromatic carbocycles. The molecule has 3 heterocycles. The van der Waals surface area contributed by atoms with E-state index in [0.29, 0.717) is 6.04 Å². The Kier molecular flexibility index (Phi) is 10.5. The quantitative estimate of drug-likeness (QED) is 0.326. The first-order valence-corrected chi connectivity index (χ1v) is 11.9. The molecule has 0 atom stereocenters. The van der Waals surface area contributed by atoms with Crippen LogP contribution < -0.4 is 10.6 Å². The number of unbranched alkanes of at least 4 members (excludes halogenated alkanes) is 1. The zero-order valence-corrected chi connectivity index (χ0v) is 18.8. The summed E-state index contributed by atoms with van der Waals surface area (Å²) >= 11 is 0.